The van der Waals surface area contributed by atoms with Crippen LogP contribution < -0.4 is 5.56 Å². The van der Waals surface area contributed by atoms with Crippen molar-refractivity contribution in [1.82, 2.24) is 19.8 Å². The normalized spacial score (nSPS) is 25.3. The first kappa shape index (κ1) is 15.2. The van der Waals surface area contributed by atoms with Crippen molar-refractivity contribution >= 4 is 5.91 Å². The van der Waals surface area contributed by atoms with Gasteiger partial charge < -0.3 is 14.8 Å². The Hall–Kier alpha value is -1.69. The number of nitrogens with one attached hydrogen (secondary N) is 1. The number of likely N-dealkylation sites (tertiary alicyclic amines) is 1. The summed E-state index contributed by atoms with van der Waals surface area (Å²) in [6.45, 7) is 9.66. The molecular weight excluding hydrogens is 280 g/mol. The highest BCUT2D eigenvalue weighted by Crippen LogP contribution is 2.33. The molecule has 0 aliphatic carbocycles. The SMILES string of the molecule is CCN1CCCC(C)(C(=O)N2Cc3nc(C)[nH]c(=O)c3C2)C1. The number of carbonyl (C=O) groups is 1. The molecule has 2 aliphatic heterocycles. The van der Waals surface area contributed by atoms with Gasteiger partial charge in [-0.3, -0.25) is 9.59 Å². The second-order valence-corrected chi connectivity index (χ2v) is 6.77. The molecule has 3 heterocycles. The minimum atomic E-state index is -0.349. The van der Waals surface area contributed by atoms with E-state index in [2.05, 4.69) is 28.7 Å². The number of carbonyl (C=O) groups excluding carboxylic acids is 1. The lowest BCUT2D eigenvalue weighted by molar-refractivity contribution is -0.145. The molecule has 6 nitrogen and oxygen atoms in total. The Kier molecular flexibility index (Phi) is 3.80. The van der Waals surface area contributed by atoms with E-state index < -0.39 is 0 Å². The maximum absolute atomic E-state index is 13.0. The molecule has 6 heteroatoms. The number of aromatic nitrogens is 2. The zero-order valence-electron chi connectivity index (χ0n) is 13.6. The van der Waals surface area contributed by atoms with Gasteiger partial charge in [0.1, 0.15) is 5.82 Å². The van der Waals surface area contributed by atoms with Crippen molar-refractivity contribution < 1.29 is 4.79 Å². The Morgan fingerprint density at radius 1 is 1.41 bits per heavy atom. The van der Waals surface area contributed by atoms with Crippen LogP contribution in [-0.4, -0.2) is 45.3 Å². The van der Waals surface area contributed by atoms with Gasteiger partial charge in [-0.25, -0.2) is 4.98 Å². The van der Waals surface area contributed by atoms with E-state index in [1.807, 2.05) is 0 Å². The molecule has 0 aromatic carbocycles. The molecule has 1 aromatic heterocycles. The minimum absolute atomic E-state index is 0.109. The van der Waals surface area contributed by atoms with Crippen LogP contribution in [0, 0.1) is 12.3 Å². The summed E-state index contributed by atoms with van der Waals surface area (Å²) in [5.74, 6) is 0.764. The number of hydrogen-bond donors (Lipinski definition) is 1. The summed E-state index contributed by atoms with van der Waals surface area (Å²) < 4.78 is 0. The molecule has 1 N–H and O–H groups in total. The fourth-order valence-electron chi connectivity index (χ4n) is 3.70. The molecule has 0 saturated carbocycles. The van der Waals surface area contributed by atoms with E-state index in [0.717, 1.165) is 38.2 Å². The van der Waals surface area contributed by atoms with Crippen LogP contribution in [0.15, 0.2) is 4.79 Å². The molecule has 0 bridgehead atoms. The van der Waals surface area contributed by atoms with Gasteiger partial charge in [0.15, 0.2) is 0 Å². The zero-order chi connectivity index (χ0) is 15.9. The number of hydrogen-bond acceptors (Lipinski definition) is 4. The molecule has 22 heavy (non-hydrogen) atoms. The number of amides is 1. The monoisotopic (exact) mass is 304 g/mol. The first-order valence-corrected chi connectivity index (χ1v) is 8.03. The van der Waals surface area contributed by atoms with Crippen LogP contribution in [-0.2, 0) is 17.9 Å². The molecule has 1 unspecified atom stereocenters. The quantitative estimate of drug-likeness (QED) is 0.886. The number of piperidine rings is 1. The standard InChI is InChI=1S/C16H24N4O2/c1-4-19-7-5-6-16(3,10-19)15(22)20-8-12-13(9-20)17-11(2)18-14(12)21/h4-10H2,1-3H3,(H,17,18,21). The summed E-state index contributed by atoms with van der Waals surface area (Å²) in [7, 11) is 0. The summed E-state index contributed by atoms with van der Waals surface area (Å²) in [5.41, 5.74) is 0.937. The lowest BCUT2D eigenvalue weighted by Gasteiger charge is -2.40. The van der Waals surface area contributed by atoms with E-state index in [1.54, 1.807) is 11.8 Å². The van der Waals surface area contributed by atoms with Crippen molar-refractivity contribution in [3.8, 4) is 0 Å². The van der Waals surface area contributed by atoms with Crippen molar-refractivity contribution in [2.24, 2.45) is 5.41 Å². The van der Waals surface area contributed by atoms with Crippen LogP contribution in [0.1, 0.15) is 43.8 Å². The number of aryl methyl sites for hydroxylation is 1. The number of aromatic amines is 1. The first-order chi connectivity index (χ1) is 10.4. The third-order valence-corrected chi connectivity index (χ3v) is 4.94. The van der Waals surface area contributed by atoms with E-state index in [9.17, 15) is 9.59 Å². The summed E-state index contributed by atoms with van der Waals surface area (Å²) in [6, 6.07) is 0. The van der Waals surface area contributed by atoms with Crippen molar-refractivity contribution in [1.29, 1.82) is 0 Å². The topological polar surface area (TPSA) is 69.3 Å². The van der Waals surface area contributed by atoms with Gasteiger partial charge in [0.25, 0.3) is 5.56 Å². The highest BCUT2D eigenvalue weighted by atomic mass is 16.2. The van der Waals surface area contributed by atoms with Gasteiger partial charge in [-0.2, -0.15) is 0 Å². The molecule has 1 fully saturated rings. The Morgan fingerprint density at radius 2 is 2.18 bits per heavy atom. The fraction of sp³-hybridized carbons (Fsp3) is 0.688. The lowest BCUT2D eigenvalue weighted by Crippen LogP contribution is -2.50. The van der Waals surface area contributed by atoms with E-state index >= 15 is 0 Å². The second-order valence-electron chi connectivity index (χ2n) is 6.77. The average Bonchev–Trinajstić information content (AvgIpc) is 2.90. The second kappa shape index (κ2) is 5.50. The highest BCUT2D eigenvalue weighted by Gasteiger charge is 2.42. The molecule has 2 aliphatic rings. The Morgan fingerprint density at radius 3 is 2.91 bits per heavy atom. The Bertz CT molecular complexity index is 654. The highest BCUT2D eigenvalue weighted by molar-refractivity contribution is 5.83. The van der Waals surface area contributed by atoms with Gasteiger partial charge in [0.2, 0.25) is 5.91 Å². The van der Waals surface area contributed by atoms with Gasteiger partial charge in [-0.05, 0) is 39.8 Å². The van der Waals surface area contributed by atoms with Crippen LogP contribution in [0.5, 0.6) is 0 Å². The maximum Gasteiger partial charge on any atom is 0.256 e. The zero-order valence-corrected chi connectivity index (χ0v) is 13.6. The van der Waals surface area contributed by atoms with Gasteiger partial charge in [0.05, 0.1) is 29.8 Å². The third kappa shape index (κ3) is 2.56. The van der Waals surface area contributed by atoms with Gasteiger partial charge >= 0.3 is 0 Å². The Balaban J connectivity index is 1.80. The molecule has 0 radical (unpaired) electrons. The predicted octanol–water partition coefficient (Wildman–Crippen LogP) is 1.04. The van der Waals surface area contributed by atoms with E-state index in [-0.39, 0.29) is 16.9 Å². The van der Waals surface area contributed by atoms with Crippen molar-refractivity contribution in [2.75, 3.05) is 19.6 Å². The van der Waals surface area contributed by atoms with Crippen LogP contribution in [0.3, 0.4) is 0 Å². The van der Waals surface area contributed by atoms with Gasteiger partial charge in [0, 0.05) is 6.54 Å². The molecule has 1 aromatic rings. The van der Waals surface area contributed by atoms with Crippen LogP contribution >= 0.6 is 0 Å². The molecule has 0 spiro atoms. The molecule has 1 atom stereocenters. The van der Waals surface area contributed by atoms with Crippen molar-refractivity contribution in [3.63, 3.8) is 0 Å². The summed E-state index contributed by atoms with van der Waals surface area (Å²) in [6.07, 6.45) is 1.97. The molecular formula is C16H24N4O2. The number of rotatable bonds is 2. The minimum Gasteiger partial charge on any atom is -0.332 e. The summed E-state index contributed by atoms with van der Waals surface area (Å²) in [5, 5.41) is 0. The maximum atomic E-state index is 13.0. The molecule has 1 amide bonds. The van der Waals surface area contributed by atoms with Crippen molar-refractivity contribution in [3.05, 3.63) is 27.4 Å². The van der Waals surface area contributed by atoms with Crippen LogP contribution in [0.2, 0.25) is 0 Å². The van der Waals surface area contributed by atoms with Crippen LogP contribution in [0.25, 0.3) is 0 Å². The van der Waals surface area contributed by atoms with Crippen LogP contribution in [0.4, 0.5) is 0 Å². The predicted molar refractivity (Wildman–Crippen MR) is 83.3 cm³/mol. The lowest BCUT2D eigenvalue weighted by atomic mass is 9.80. The largest absolute Gasteiger partial charge is 0.332 e. The summed E-state index contributed by atoms with van der Waals surface area (Å²) >= 11 is 0. The molecule has 1 saturated heterocycles. The third-order valence-electron chi connectivity index (χ3n) is 4.94. The number of H-pyrrole nitrogens is 1. The fourth-order valence-corrected chi connectivity index (χ4v) is 3.70. The van der Waals surface area contributed by atoms with E-state index in [0.29, 0.717) is 24.5 Å². The average molecular weight is 304 g/mol. The van der Waals surface area contributed by atoms with Crippen molar-refractivity contribution in [2.45, 2.75) is 46.7 Å². The van der Waals surface area contributed by atoms with Gasteiger partial charge in [-0.1, -0.05) is 6.92 Å². The van der Waals surface area contributed by atoms with E-state index in [4.69, 9.17) is 0 Å². The van der Waals surface area contributed by atoms with E-state index in [1.165, 1.54) is 0 Å². The number of nitrogens with zero attached hydrogens (tertiary/aromatic N) is 3. The number of fused-ring (bicyclic) bond motifs is 1. The summed E-state index contributed by atoms with van der Waals surface area (Å²) in [4.78, 5) is 36.3. The molecule has 120 valence electrons. The van der Waals surface area contributed by atoms with Gasteiger partial charge in [-0.15, -0.1) is 0 Å². The molecule has 3 rings (SSSR count). The first-order valence-electron chi connectivity index (χ1n) is 8.03. The smallest absolute Gasteiger partial charge is 0.256 e. The Labute approximate surface area is 130 Å².